The Morgan fingerprint density at radius 3 is 2.70 bits per heavy atom. The molecule has 1 aliphatic rings. The molecule has 0 atom stereocenters. The van der Waals surface area contributed by atoms with Crippen LogP contribution >= 0.6 is 39.9 Å². The molecule has 1 saturated heterocycles. The van der Waals surface area contributed by atoms with Crippen LogP contribution < -0.4 is 10.6 Å². The highest BCUT2D eigenvalue weighted by Crippen LogP contribution is 2.20. The van der Waals surface area contributed by atoms with Crippen molar-refractivity contribution >= 4 is 51.8 Å². The first kappa shape index (κ1) is 24.1. The summed E-state index contributed by atoms with van der Waals surface area (Å²) in [5, 5.41) is 6.02. The molecule has 0 unspecified atom stereocenters. The standard InChI is InChI=1S/C19H28BrFN4O.HI/c1-3-23-19(24-9-6-15-13-16(20)4-5-17(15)21)25-10-7-14(8-11-25)12-18(26)22-2;/h4-5,13-14H,3,6-12H2,1-2H3,(H,22,26)(H,23,24);1H. The molecule has 152 valence electrons. The fourth-order valence-electron chi connectivity index (χ4n) is 3.16. The first-order valence-electron chi connectivity index (χ1n) is 9.21. The number of aliphatic imine (C=N–C) groups is 1. The second-order valence-corrected chi connectivity index (χ2v) is 7.44. The molecule has 1 aliphatic heterocycles. The lowest BCUT2D eigenvalue weighted by Crippen LogP contribution is -2.46. The summed E-state index contributed by atoms with van der Waals surface area (Å²) in [6.45, 7) is 5.15. The van der Waals surface area contributed by atoms with Crippen molar-refractivity contribution in [1.29, 1.82) is 0 Å². The Morgan fingerprint density at radius 1 is 1.37 bits per heavy atom. The Bertz CT molecular complexity index is 636. The van der Waals surface area contributed by atoms with Gasteiger partial charge in [0.05, 0.1) is 0 Å². The van der Waals surface area contributed by atoms with E-state index < -0.39 is 0 Å². The molecule has 5 nitrogen and oxygen atoms in total. The molecule has 2 rings (SSSR count). The average Bonchev–Trinajstić information content (AvgIpc) is 2.64. The van der Waals surface area contributed by atoms with E-state index in [1.165, 1.54) is 6.07 Å². The van der Waals surface area contributed by atoms with Gasteiger partial charge in [0.15, 0.2) is 5.96 Å². The van der Waals surface area contributed by atoms with Crippen molar-refractivity contribution in [3.63, 3.8) is 0 Å². The van der Waals surface area contributed by atoms with Gasteiger partial charge in [-0.15, -0.1) is 24.0 Å². The van der Waals surface area contributed by atoms with E-state index in [4.69, 9.17) is 0 Å². The minimum atomic E-state index is -0.191. The molecule has 1 amide bonds. The van der Waals surface area contributed by atoms with Gasteiger partial charge in [-0.3, -0.25) is 9.79 Å². The van der Waals surface area contributed by atoms with Gasteiger partial charge in [-0.05, 0) is 55.9 Å². The summed E-state index contributed by atoms with van der Waals surface area (Å²) in [6, 6.07) is 4.99. The number of guanidine groups is 1. The quantitative estimate of drug-likeness (QED) is 0.321. The van der Waals surface area contributed by atoms with Crippen LogP contribution in [0, 0.1) is 11.7 Å². The van der Waals surface area contributed by atoms with Gasteiger partial charge in [-0.1, -0.05) is 15.9 Å². The van der Waals surface area contributed by atoms with E-state index in [1.807, 2.05) is 13.0 Å². The summed E-state index contributed by atoms with van der Waals surface area (Å²) in [5.41, 5.74) is 0.670. The minimum Gasteiger partial charge on any atom is -0.359 e. The molecule has 0 aromatic heterocycles. The maximum Gasteiger partial charge on any atom is 0.220 e. The van der Waals surface area contributed by atoms with E-state index in [2.05, 4.69) is 36.5 Å². The second-order valence-electron chi connectivity index (χ2n) is 6.53. The molecule has 1 fully saturated rings. The maximum atomic E-state index is 13.8. The van der Waals surface area contributed by atoms with Crippen LogP contribution in [0.3, 0.4) is 0 Å². The Morgan fingerprint density at radius 2 is 2.07 bits per heavy atom. The molecule has 1 aromatic carbocycles. The van der Waals surface area contributed by atoms with E-state index in [9.17, 15) is 9.18 Å². The van der Waals surface area contributed by atoms with Crippen LogP contribution in [0.2, 0.25) is 0 Å². The van der Waals surface area contributed by atoms with Crippen molar-refractivity contribution in [2.45, 2.75) is 32.6 Å². The number of nitrogens with one attached hydrogen (secondary N) is 2. The zero-order valence-electron chi connectivity index (χ0n) is 15.9. The van der Waals surface area contributed by atoms with E-state index in [1.54, 1.807) is 13.1 Å². The number of hydrogen-bond acceptors (Lipinski definition) is 2. The molecule has 1 aromatic rings. The van der Waals surface area contributed by atoms with Crippen molar-refractivity contribution < 1.29 is 9.18 Å². The molecular weight excluding hydrogens is 526 g/mol. The number of amides is 1. The number of rotatable bonds is 6. The molecular formula is C19H29BrFIN4O. The first-order chi connectivity index (χ1) is 12.5. The summed E-state index contributed by atoms with van der Waals surface area (Å²) in [5.74, 6) is 1.23. The van der Waals surface area contributed by atoms with Crippen LogP contribution in [-0.4, -0.2) is 50.0 Å². The highest BCUT2D eigenvalue weighted by molar-refractivity contribution is 14.0. The number of carbonyl (C=O) groups excluding carboxylic acids is 1. The van der Waals surface area contributed by atoms with Gasteiger partial charge in [0.25, 0.3) is 0 Å². The Balaban J connectivity index is 0.00000364. The predicted octanol–water partition coefficient (Wildman–Crippen LogP) is 3.56. The summed E-state index contributed by atoms with van der Waals surface area (Å²) in [4.78, 5) is 18.4. The smallest absolute Gasteiger partial charge is 0.220 e. The third-order valence-electron chi connectivity index (χ3n) is 4.65. The van der Waals surface area contributed by atoms with Crippen LogP contribution in [0.15, 0.2) is 27.7 Å². The van der Waals surface area contributed by atoms with Gasteiger partial charge in [-0.25, -0.2) is 4.39 Å². The molecule has 27 heavy (non-hydrogen) atoms. The zero-order valence-corrected chi connectivity index (χ0v) is 19.8. The normalized spacial score (nSPS) is 15.3. The van der Waals surface area contributed by atoms with Gasteiger partial charge in [-0.2, -0.15) is 0 Å². The number of halogens is 3. The number of benzene rings is 1. The molecule has 1 heterocycles. The molecule has 0 bridgehead atoms. The van der Waals surface area contributed by atoms with Crippen molar-refractivity contribution in [1.82, 2.24) is 15.5 Å². The largest absolute Gasteiger partial charge is 0.359 e. The highest BCUT2D eigenvalue weighted by atomic mass is 127. The lowest BCUT2D eigenvalue weighted by atomic mass is 9.93. The van der Waals surface area contributed by atoms with Gasteiger partial charge < -0.3 is 15.5 Å². The lowest BCUT2D eigenvalue weighted by molar-refractivity contribution is -0.121. The van der Waals surface area contributed by atoms with E-state index in [-0.39, 0.29) is 35.7 Å². The second kappa shape index (κ2) is 12.5. The Labute approximate surface area is 186 Å². The van der Waals surface area contributed by atoms with Crippen molar-refractivity contribution in [3.05, 3.63) is 34.1 Å². The average molecular weight is 555 g/mol. The number of hydrogen-bond donors (Lipinski definition) is 2. The summed E-state index contributed by atoms with van der Waals surface area (Å²) >= 11 is 3.38. The summed E-state index contributed by atoms with van der Waals surface area (Å²) < 4.78 is 14.7. The number of likely N-dealkylation sites (tertiary alicyclic amines) is 1. The van der Waals surface area contributed by atoms with E-state index in [0.29, 0.717) is 30.9 Å². The first-order valence-corrected chi connectivity index (χ1v) is 10.0. The highest BCUT2D eigenvalue weighted by Gasteiger charge is 2.23. The van der Waals surface area contributed by atoms with Crippen molar-refractivity contribution in [2.75, 3.05) is 33.2 Å². The van der Waals surface area contributed by atoms with Crippen LogP contribution in [-0.2, 0) is 11.2 Å². The van der Waals surface area contributed by atoms with Gasteiger partial charge in [0, 0.05) is 44.1 Å². The van der Waals surface area contributed by atoms with E-state index >= 15 is 0 Å². The fourth-order valence-corrected chi connectivity index (χ4v) is 3.56. The van der Waals surface area contributed by atoms with Gasteiger partial charge in [0.1, 0.15) is 5.82 Å². The number of piperidine rings is 1. The topological polar surface area (TPSA) is 56.7 Å². The van der Waals surface area contributed by atoms with Gasteiger partial charge >= 0.3 is 0 Å². The molecule has 2 N–H and O–H groups in total. The SMILES string of the molecule is CCNC(=NCCc1cc(Br)ccc1F)N1CCC(CC(=O)NC)CC1.I. The molecule has 0 saturated carbocycles. The predicted molar refractivity (Wildman–Crippen MR) is 122 cm³/mol. The molecule has 0 aliphatic carbocycles. The van der Waals surface area contributed by atoms with Gasteiger partial charge in [0.2, 0.25) is 5.91 Å². The Hall–Kier alpha value is -0.900. The molecule has 0 spiro atoms. The zero-order chi connectivity index (χ0) is 18.9. The van der Waals surface area contributed by atoms with E-state index in [0.717, 1.165) is 42.9 Å². The summed E-state index contributed by atoms with van der Waals surface area (Å²) in [7, 11) is 1.68. The van der Waals surface area contributed by atoms with Crippen LogP contribution in [0.5, 0.6) is 0 Å². The monoisotopic (exact) mass is 554 g/mol. The van der Waals surface area contributed by atoms with Crippen molar-refractivity contribution in [3.8, 4) is 0 Å². The minimum absolute atomic E-state index is 0. The lowest BCUT2D eigenvalue weighted by Gasteiger charge is -2.34. The Kier molecular flexibility index (Phi) is 11.2. The van der Waals surface area contributed by atoms with Crippen molar-refractivity contribution in [2.24, 2.45) is 10.9 Å². The van der Waals surface area contributed by atoms with Crippen LogP contribution in [0.25, 0.3) is 0 Å². The molecule has 8 heteroatoms. The van der Waals surface area contributed by atoms with Crippen LogP contribution in [0.1, 0.15) is 31.7 Å². The maximum absolute atomic E-state index is 13.8. The van der Waals surface area contributed by atoms with Crippen LogP contribution in [0.4, 0.5) is 4.39 Å². The molecule has 0 radical (unpaired) electrons. The third kappa shape index (κ3) is 7.93. The number of nitrogens with zero attached hydrogens (tertiary/aromatic N) is 2. The number of carbonyl (C=O) groups is 1. The fraction of sp³-hybridized carbons (Fsp3) is 0.579. The summed E-state index contributed by atoms with van der Waals surface area (Å²) in [6.07, 6.45) is 3.13. The third-order valence-corrected chi connectivity index (χ3v) is 5.15.